The number of sulfonamides is 1. The molecule has 1 aliphatic heterocycles. The number of rotatable bonds is 5. The number of hydrogen-bond donors (Lipinski definition) is 1. The van der Waals surface area contributed by atoms with Crippen molar-refractivity contribution in [1.29, 1.82) is 0 Å². The van der Waals surface area contributed by atoms with Gasteiger partial charge in [-0.25, -0.2) is 18.1 Å². The number of aromatic nitrogens is 1. The monoisotopic (exact) mass is 275 g/mol. The molecule has 1 atom stereocenters. The highest BCUT2D eigenvalue weighted by atomic mass is 32.2. The summed E-state index contributed by atoms with van der Waals surface area (Å²) in [4.78, 5) is 6.36. The van der Waals surface area contributed by atoms with E-state index in [1.54, 1.807) is 17.5 Å². The highest BCUT2D eigenvalue weighted by Crippen LogP contribution is 2.22. The fourth-order valence-corrected chi connectivity index (χ4v) is 4.02. The molecule has 1 N–H and O–H groups in total. The average Bonchev–Trinajstić information content (AvgIpc) is 2.85. The van der Waals surface area contributed by atoms with Gasteiger partial charge in [0.05, 0.1) is 5.75 Å². The highest BCUT2D eigenvalue weighted by molar-refractivity contribution is 7.89. The van der Waals surface area contributed by atoms with Crippen molar-refractivity contribution >= 4 is 26.5 Å². The van der Waals surface area contributed by atoms with Crippen LogP contribution in [0.25, 0.3) is 0 Å². The van der Waals surface area contributed by atoms with E-state index in [4.69, 9.17) is 0 Å². The standard InChI is InChI=1S/C10H17N3O2S2/c1-2-7-17(14,15)12-9-3-5-13(8-9)10-11-4-6-16-10/h4,6,9,12H,2-3,5,7-8H2,1H3. The molecule has 0 radical (unpaired) electrons. The molecule has 0 aliphatic carbocycles. The van der Waals surface area contributed by atoms with Gasteiger partial charge in [0.2, 0.25) is 10.0 Å². The molecule has 96 valence electrons. The van der Waals surface area contributed by atoms with Crippen LogP contribution in [0.3, 0.4) is 0 Å². The average molecular weight is 275 g/mol. The van der Waals surface area contributed by atoms with Gasteiger partial charge < -0.3 is 4.90 Å². The summed E-state index contributed by atoms with van der Waals surface area (Å²) < 4.78 is 26.0. The lowest BCUT2D eigenvalue weighted by atomic mass is 10.3. The van der Waals surface area contributed by atoms with Gasteiger partial charge in [-0.1, -0.05) is 6.92 Å². The van der Waals surface area contributed by atoms with E-state index in [1.807, 2.05) is 12.3 Å². The van der Waals surface area contributed by atoms with Crippen molar-refractivity contribution in [2.24, 2.45) is 0 Å². The normalized spacial score (nSPS) is 21.0. The molecule has 17 heavy (non-hydrogen) atoms. The lowest BCUT2D eigenvalue weighted by Crippen LogP contribution is -2.38. The largest absolute Gasteiger partial charge is 0.346 e. The second kappa shape index (κ2) is 5.32. The Bertz CT molecular complexity index is 444. The minimum Gasteiger partial charge on any atom is -0.346 e. The maximum absolute atomic E-state index is 11.6. The van der Waals surface area contributed by atoms with Gasteiger partial charge in [0.1, 0.15) is 0 Å². The Hall–Kier alpha value is -0.660. The van der Waals surface area contributed by atoms with Gasteiger partial charge in [-0.05, 0) is 12.8 Å². The maximum atomic E-state index is 11.6. The van der Waals surface area contributed by atoms with Crippen LogP contribution in [0.2, 0.25) is 0 Å². The van der Waals surface area contributed by atoms with Crippen LogP contribution in [0.15, 0.2) is 11.6 Å². The van der Waals surface area contributed by atoms with Crippen LogP contribution in [0.5, 0.6) is 0 Å². The minimum atomic E-state index is -3.10. The molecule has 0 spiro atoms. The molecule has 0 bridgehead atoms. The molecule has 1 aliphatic rings. The van der Waals surface area contributed by atoms with Gasteiger partial charge in [-0.3, -0.25) is 0 Å². The second-order valence-electron chi connectivity index (χ2n) is 4.18. The molecule has 2 heterocycles. The smallest absolute Gasteiger partial charge is 0.211 e. The highest BCUT2D eigenvalue weighted by Gasteiger charge is 2.27. The summed E-state index contributed by atoms with van der Waals surface area (Å²) in [6.07, 6.45) is 3.27. The van der Waals surface area contributed by atoms with E-state index in [2.05, 4.69) is 14.6 Å². The van der Waals surface area contributed by atoms with Crippen molar-refractivity contribution in [2.75, 3.05) is 23.7 Å². The van der Waals surface area contributed by atoms with Crippen LogP contribution in [-0.4, -0.2) is 38.3 Å². The number of thiazole rings is 1. The molecule has 7 heteroatoms. The summed E-state index contributed by atoms with van der Waals surface area (Å²) in [7, 11) is -3.10. The third-order valence-corrected chi connectivity index (χ3v) is 5.17. The Morgan fingerprint density at radius 1 is 1.65 bits per heavy atom. The van der Waals surface area contributed by atoms with Gasteiger partial charge >= 0.3 is 0 Å². The molecule has 1 fully saturated rings. The summed E-state index contributed by atoms with van der Waals surface area (Å²) in [5.74, 6) is 0.209. The van der Waals surface area contributed by atoms with Crippen LogP contribution >= 0.6 is 11.3 Å². The molecular weight excluding hydrogens is 258 g/mol. The van der Waals surface area contributed by atoms with E-state index in [0.717, 1.165) is 24.6 Å². The maximum Gasteiger partial charge on any atom is 0.211 e. The van der Waals surface area contributed by atoms with E-state index >= 15 is 0 Å². The summed E-state index contributed by atoms with van der Waals surface area (Å²) in [6.45, 7) is 3.46. The third-order valence-electron chi connectivity index (χ3n) is 2.70. The van der Waals surface area contributed by atoms with Crippen LogP contribution in [-0.2, 0) is 10.0 Å². The van der Waals surface area contributed by atoms with Gasteiger partial charge in [0.15, 0.2) is 5.13 Å². The fourth-order valence-electron chi connectivity index (χ4n) is 1.98. The van der Waals surface area contributed by atoms with Gasteiger partial charge in [-0.2, -0.15) is 0 Å². The molecule has 1 aromatic rings. The number of nitrogens with one attached hydrogen (secondary N) is 1. The first-order chi connectivity index (χ1) is 8.11. The zero-order valence-corrected chi connectivity index (χ0v) is 11.4. The molecule has 1 unspecified atom stereocenters. The lowest BCUT2D eigenvalue weighted by Gasteiger charge is -2.15. The fraction of sp³-hybridized carbons (Fsp3) is 0.700. The Morgan fingerprint density at radius 3 is 3.12 bits per heavy atom. The molecular formula is C10H17N3O2S2. The Kier molecular flexibility index (Phi) is 4.01. The van der Waals surface area contributed by atoms with E-state index < -0.39 is 10.0 Å². The van der Waals surface area contributed by atoms with Crippen LogP contribution < -0.4 is 9.62 Å². The van der Waals surface area contributed by atoms with Crippen molar-refractivity contribution in [1.82, 2.24) is 9.71 Å². The lowest BCUT2D eigenvalue weighted by molar-refractivity contribution is 0.560. The predicted molar refractivity (Wildman–Crippen MR) is 69.9 cm³/mol. The van der Waals surface area contributed by atoms with E-state index in [0.29, 0.717) is 6.42 Å². The van der Waals surface area contributed by atoms with E-state index in [-0.39, 0.29) is 11.8 Å². The summed E-state index contributed by atoms with van der Waals surface area (Å²) in [5.41, 5.74) is 0. The molecule has 1 saturated heterocycles. The molecule has 0 aromatic carbocycles. The van der Waals surface area contributed by atoms with Gasteiger partial charge in [0.25, 0.3) is 0 Å². The Labute approximate surface area is 106 Å². The van der Waals surface area contributed by atoms with E-state index in [1.165, 1.54) is 0 Å². The first-order valence-corrected chi connectivity index (χ1v) is 8.28. The zero-order chi connectivity index (χ0) is 12.3. The first kappa shape index (κ1) is 12.8. The van der Waals surface area contributed by atoms with Crippen LogP contribution in [0, 0.1) is 0 Å². The van der Waals surface area contributed by atoms with Crippen LogP contribution in [0.4, 0.5) is 5.13 Å². The number of anilines is 1. The summed E-state index contributed by atoms with van der Waals surface area (Å²) in [5, 5.41) is 2.91. The van der Waals surface area contributed by atoms with Crippen LogP contribution in [0.1, 0.15) is 19.8 Å². The van der Waals surface area contributed by atoms with Crippen molar-refractivity contribution in [2.45, 2.75) is 25.8 Å². The van der Waals surface area contributed by atoms with Crippen molar-refractivity contribution in [3.63, 3.8) is 0 Å². The second-order valence-corrected chi connectivity index (χ2v) is 6.93. The van der Waals surface area contributed by atoms with Crippen molar-refractivity contribution in [3.8, 4) is 0 Å². The predicted octanol–water partition coefficient (Wildman–Crippen LogP) is 1.05. The molecule has 5 nitrogen and oxygen atoms in total. The molecule has 1 aromatic heterocycles. The number of hydrogen-bond acceptors (Lipinski definition) is 5. The first-order valence-electron chi connectivity index (χ1n) is 5.75. The Morgan fingerprint density at radius 2 is 2.47 bits per heavy atom. The summed E-state index contributed by atoms with van der Waals surface area (Å²) in [6, 6.07) is 0.0236. The quantitative estimate of drug-likeness (QED) is 0.872. The van der Waals surface area contributed by atoms with Gasteiger partial charge in [0, 0.05) is 30.7 Å². The Balaban J connectivity index is 1.90. The SMILES string of the molecule is CCCS(=O)(=O)NC1CCN(c2nccs2)C1. The molecule has 0 amide bonds. The topological polar surface area (TPSA) is 62.3 Å². The van der Waals surface area contributed by atoms with Crippen molar-refractivity contribution in [3.05, 3.63) is 11.6 Å². The summed E-state index contributed by atoms with van der Waals surface area (Å²) >= 11 is 1.59. The minimum absolute atomic E-state index is 0.0236. The zero-order valence-electron chi connectivity index (χ0n) is 9.80. The molecule has 0 saturated carbocycles. The van der Waals surface area contributed by atoms with E-state index in [9.17, 15) is 8.42 Å². The van der Waals surface area contributed by atoms with Gasteiger partial charge in [-0.15, -0.1) is 11.3 Å². The third kappa shape index (κ3) is 3.40. The molecule has 2 rings (SSSR count). The van der Waals surface area contributed by atoms with Crippen molar-refractivity contribution < 1.29 is 8.42 Å². The number of nitrogens with zero attached hydrogens (tertiary/aromatic N) is 2.